The molecule has 2 unspecified atom stereocenters. The zero-order valence-electron chi connectivity index (χ0n) is 10.00. The molecule has 3 heterocycles. The third-order valence-electron chi connectivity index (χ3n) is 3.59. The first kappa shape index (κ1) is 12.7. The van der Waals surface area contributed by atoms with E-state index in [0.29, 0.717) is 19.1 Å². The lowest BCUT2D eigenvalue weighted by molar-refractivity contribution is -0.178. The average molecular weight is 250 g/mol. The summed E-state index contributed by atoms with van der Waals surface area (Å²) >= 11 is 0. The van der Waals surface area contributed by atoms with Crippen LogP contribution in [0.5, 0.6) is 0 Å². The Morgan fingerprint density at radius 3 is 2.24 bits per heavy atom. The molecule has 2 bridgehead atoms. The van der Waals surface area contributed by atoms with Crippen LogP contribution < -0.4 is 0 Å². The summed E-state index contributed by atoms with van der Waals surface area (Å²) in [4.78, 5) is 15.2. The fourth-order valence-corrected chi connectivity index (χ4v) is 2.73. The van der Waals surface area contributed by atoms with Crippen molar-refractivity contribution in [1.82, 2.24) is 9.80 Å². The van der Waals surface area contributed by atoms with Crippen molar-refractivity contribution in [3.05, 3.63) is 0 Å². The molecule has 0 aromatic rings. The van der Waals surface area contributed by atoms with Gasteiger partial charge < -0.3 is 4.90 Å². The smallest absolute Gasteiger partial charge is 0.334 e. The molecule has 1 amide bonds. The van der Waals surface area contributed by atoms with Gasteiger partial charge in [0, 0.05) is 31.2 Å². The van der Waals surface area contributed by atoms with E-state index in [2.05, 4.69) is 18.7 Å². The molecule has 0 aromatic carbocycles. The largest absolute Gasteiger partial charge is 0.397 e. The van der Waals surface area contributed by atoms with Gasteiger partial charge in [-0.05, 0) is 20.3 Å². The van der Waals surface area contributed by atoms with Gasteiger partial charge >= 0.3 is 6.18 Å². The Morgan fingerprint density at radius 2 is 1.82 bits per heavy atom. The number of piperazine rings is 1. The summed E-state index contributed by atoms with van der Waals surface area (Å²) in [7, 11) is 0. The second-order valence-electron chi connectivity index (χ2n) is 5.18. The molecule has 6 heteroatoms. The second-order valence-corrected chi connectivity index (χ2v) is 5.18. The predicted molar refractivity (Wildman–Crippen MR) is 56.4 cm³/mol. The fraction of sp³-hybridized carbons (Fsp3) is 0.909. The maximum atomic E-state index is 12.1. The van der Waals surface area contributed by atoms with Crippen LogP contribution in [0, 0.1) is 0 Å². The van der Waals surface area contributed by atoms with Crippen LogP contribution in [0.25, 0.3) is 0 Å². The Labute approximate surface area is 98.6 Å². The number of hydrogen-bond donors (Lipinski definition) is 0. The van der Waals surface area contributed by atoms with Crippen molar-refractivity contribution in [2.75, 3.05) is 13.1 Å². The summed E-state index contributed by atoms with van der Waals surface area (Å²) in [6, 6.07) is 0.372. The van der Waals surface area contributed by atoms with Gasteiger partial charge in [-0.3, -0.25) is 9.69 Å². The highest BCUT2D eigenvalue weighted by molar-refractivity contribution is 5.78. The highest BCUT2D eigenvalue weighted by atomic mass is 19.4. The number of carbonyl (C=O) groups excluding carboxylic acids is 1. The average Bonchev–Trinajstić information content (AvgIpc) is 2.14. The molecule has 17 heavy (non-hydrogen) atoms. The van der Waals surface area contributed by atoms with E-state index in [0.717, 1.165) is 6.42 Å². The second kappa shape index (κ2) is 4.15. The van der Waals surface area contributed by atoms with Crippen molar-refractivity contribution < 1.29 is 18.0 Å². The van der Waals surface area contributed by atoms with E-state index < -0.39 is 18.5 Å². The fourth-order valence-electron chi connectivity index (χ4n) is 2.73. The van der Waals surface area contributed by atoms with Crippen molar-refractivity contribution >= 4 is 5.91 Å². The molecule has 3 rings (SSSR count). The van der Waals surface area contributed by atoms with E-state index in [9.17, 15) is 18.0 Å². The maximum Gasteiger partial charge on any atom is 0.397 e. The Bertz CT molecular complexity index is 304. The lowest BCUT2D eigenvalue weighted by Gasteiger charge is -2.57. The molecule has 3 saturated heterocycles. The number of carbonyl (C=O) groups is 1. The Morgan fingerprint density at radius 1 is 1.29 bits per heavy atom. The quantitative estimate of drug-likeness (QED) is 0.743. The number of halogens is 3. The van der Waals surface area contributed by atoms with Crippen LogP contribution in [0.1, 0.15) is 26.7 Å². The monoisotopic (exact) mass is 250 g/mol. The molecule has 3 aliphatic heterocycles. The van der Waals surface area contributed by atoms with Crippen molar-refractivity contribution in [2.24, 2.45) is 0 Å². The molecule has 0 N–H and O–H groups in total. The van der Waals surface area contributed by atoms with Gasteiger partial charge in [-0.25, -0.2) is 0 Å². The minimum absolute atomic E-state index is 0.00833. The van der Waals surface area contributed by atoms with Gasteiger partial charge in [0.2, 0.25) is 5.91 Å². The summed E-state index contributed by atoms with van der Waals surface area (Å²) in [6.07, 6.45) is -4.85. The molecule has 0 spiro atoms. The standard InChI is InChI=1S/C11H17F3N2O/c1-7(2)15-5-8-3-9(6-15)16(8)10(17)4-11(12,13)14/h7-9H,3-6H2,1-2H3. The zero-order chi connectivity index (χ0) is 12.8. The highest BCUT2D eigenvalue weighted by Gasteiger charge is 2.49. The maximum absolute atomic E-state index is 12.1. The zero-order valence-corrected chi connectivity index (χ0v) is 10.00. The Balaban J connectivity index is 1.92. The number of fused-ring (bicyclic) bond motifs is 2. The summed E-state index contributed by atoms with van der Waals surface area (Å²) in [6.45, 7) is 5.54. The van der Waals surface area contributed by atoms with Crippen LogP contribution in [0.2, 0.25) is 0 Å². The SMILES string of the molecule is CC(C)N1CC2CC(C1)N2C(=O)CC(F)(F)F. The van der Waals surface area contributed by atoms with Crippen molar-refractivity contribution in [3.63, 3.8) is 0 Å². The van der Waals surface area contributed by atoms with E-state index in [-0.39, 0.29) is 12.1 Å². The van der Waals surface area contributed by atoms with Gasteiger partial charge in [-0.2, -0.15) is 13.2 Å². The van der Waals surface area contributed by atoms with E-state index in [1.54, 1.807) is 0 Å². The van der Waals surface area contributed by atoms with Gasteiger partial charge in [0.1, 0.15) is 6.42 Å². The topological polar surface area (TPSA) is 23.6 Å². The number of rotatable bonds is 2. The van der Waals surface area contributed by atoms with Crippen LogP contribution in [-0.2, 0) is 4.79 Å². The van der Waals surface area contributed by atoms with Crippen molar-refractivity contribution in [2.45, 2.75) is 51.0 Å². The minimum Gasteiger partial charge on any atom is -0.334 e. The van der Waals surface area contributed by atoms with Gasteiger partial charge in [-0.1, -0.05) is 0 Å². The van der Waals surface area contributed by atoms with Gasteiger partial charge in [0.15, 0.2) is 0 Å². The molecule has 3 aliphatic rings. The highest BCUT2D eigenvalue weighted by Crippen LogP contribution is 2.35. The lowest BCUT2D eigenvalue weighted by Crippen LogP contribution is -2.71. The number of piperidine rings is 1. The molecule has 0 aliphatic carbocycles. The van der Waals surface area contributed by atoms with E-state index >= 15 is 0 Å². The molecule has 98 valence electrons. The van der Waals surface area contributed by atoms with E-state index in [4.69, 9.17) is 0 Å². The van der Waals surface area contributed by atoms with E-state index in [1.807, 2.05) is 0 Å². The van der Waals surface area contributed by atoms with Crippen molar-refractivity contribution in [3.8, 4) is 0 Å². The van der Waals surface area contributed by atoms with Gasteiger partial charge in [0.05, 0.1) is 0 Å². The van der Waals surface area contributed by atoms with Crippen LogP contribution >= 0.6 is 0 Å². The molecular formula is C11H17F3N2O. The molecule has 0 saturated carbocycles. The minimum atomic E-state index is -4.39. The first-order valence-electron chi connectivity index (χ1n) is 5.90. The lowest BCUT2D eigenvalue weighted by atomic mass is 9.86. The van der Waals surface area contributed by atoms with Crippen LogP contribution in [0.4, 0.5) is 13.2 Å². The van der Waals surface area contributed by atoms with Crippen LogP contribution in [0.15, 0.2) is 0 Å². The molecule has 0 aromatic heterocycles. The summed E-state index contributed by atoms with van der Waals surface area (Å²) < 4.78 is 36.4. The Hall–Kier alpha value is -0.780. The number of hydrogen-bond acceptors (Lipinski definition) is 2. The van der Waals surface area contributed by atoms with Gasteiger partial charge in [-0.15, -0.1) is 0 Å². The van der Waals surface area contributed by atoms with Crippen molar-refractivity contribution in [1.29, 1.82) is 0 Å². The van der Waals surface area contributed by atoms with Gasteiger partial charge in [0.25, 0.3) is 0 Å². The van der Waals surface area contributed by atoms with Crippen LogP contribution in [-0.4, -0.2) is 53.1 Å². The molecule has 3 nitrogen and oxygen atoms in total. The van der Waals surface area contributed by atoms with Crippen LogP contribution in [0.3, 0.4) is 0 Å². The number of nitrogens with zero attached hydrogens (tertiary/aromatic N) is 2. The summed E-state index contributed by atoms with van der Waals surface area (Å²) in [5.41, 5.74) is 0. The molecular weight excluding hydrogens is 233 g/mol. The molecule has 2 atom stereocenters. The van der Waals surface area contributed by atoms with E-state index in [1.165, 1.54) is 4.90 Å². The number of amides is 1. The Kier molecular flexibility index (Phi) is 3.10. The third-order valence-corrected chi connectivity index (χ3v) is 3.59. The first-order valence-corrected chi connectivity index (χ1v) is 5.90. The normalized spacial score (nSPS) is 29.4. The first-order chi connectivity index (χ1) is 7.78. The predicted octanol–water partition coefficient (Wildman–Crippen LogP) is 1.63. The molecule has 0 radical (unpaired) electrons. The summed E-state index contributed by atoms with van der Waals surface area (Å²) in [5.74, 6) is -0.762. The third kappa shape index (κ3) is 2.56. The number of alkyl halides is 3. The summed E-state index contributed by atoms with van der Waals surface area (Å²) in [5, 5.41) is 0. The molecule has 3 fully saturated rings.